The summed E-state index contributed by atoms with van der Waals surface area (Å²) in [5, 5.41) is 10.4. The van der Waals surface area contributed by atoms with Gasteiger partial charge in [0.1, 0.15) is 5.76 Å². The number of nitrogens with zero attached hydrogens (tertiary/aromatic N) is 2. The van der Waals surface area contributed by atoms with Crippen molar-refractivity contribution in [3.05, 3.63) is 22.9 Å². The Labute approximate surface area is 114 Å². The van der Waals surface area contributed by atoms with Gasteiger partial charge in [0.2, 0.25) is 11.6 Å². The van der Waals surface area contributed by atoms with E-state index in [1.54, 1.807) is 0 Å². The summed E-state index contributed by atoms with van der Waals surface area (Å²) in [5.41, 5.74) is -0.417. The number of carbonyl (C=O) groups excluding carboxylic acids is 1. The highest BCUT2D eigenvalue weighted by atomic mass is 16.3. The van der Waals surface area contributed by atoms with E-state index in [0.29, 0.717) is 18.5 Å². The van der Waals surface area contributed by atoms with Crippen LogP contribution in [0.25, 0.3) is 4.85 Å². The van der Waals surface area contributed by atoms with Crippen LogP contribution in [0.1, 0.15) is 46.5 Å². The molecular formula is C15H22N2O2. The molecule has 4 nitrogen and oxygen atoms in total. The van der Waals surface area contributed by atoms with Crippen LogP contribution in [0.2, 0.25) is 0 Å². The molecule has 104 valence electrons. The molecule has 2 rings (SSSR count). The van der Waals surface area contributed by atoms with Crippen molar-refractivity contribution >= 4 is 5.91 Å². The summed E-state index contributed by atoms with van der Waals surface area (Å²) in [7, 11) is 1.83. The fourth-order valence-corrected chi connectivity index (χ4v) is 3.89. The molecule has 2 aliphatic rings. The molecule has 0 unspecified atom stereocenters. The van der Waals surface area contributed by atoms with Gasteiger partial charge in [0.05, 0.1) is 6.57 Å². The van der Waals surface area contributed by atoms with Gasteiger partial charge in [0, 0.05) is 30.8 Å². The highest BCUT2D eigenvalue weighted by Gasteiger charge is 2.54. The molecule has 19 heavy (non-hydrogen) atoms. The van der Waals surface area contributed by atoms with Gasteiger partial charge in [-0.2, -0.15) is 0 Å². The Bertz CT molecular complexity index is 487. The molecular weight excluding hydrogens is 240 g/mol. The maximum atomic E-state index is 12.1. The minimum absolute atomic E-state index is 0.145. The normalized spacial score (nSPS) is 34.6. The maximum Gasteiger partial charge on any atom is 0.222 e. The number of hydrogen-bond acceptors (Lipinski definition) is 2. The number of amides is 1. The van der Waals surface area contributed by atoms with Crippen LogP contribution in [0.15, 0.2) is 11.5 Å². The Morgan fingerprint density at radius 1 is 1.42 bits per heavy atom. The summed E-state index contributed by atoms with van der Waals surface area (Å²) in [6.45, 7) is 13.3. The molecule has 0 bridgehead atoms. The third-order valence-corrected chi connectivity index (χ3v) is 5.19. The van der Waals surface area contributed by atoms with E-state index in [0.717, 1.165) is 12.8 Å². The zero-order chi connectivity index (χ0) is 14.4. The van der Waals surface area contributed by atoms with E-state index in [2.05, 4.69) is 11.8 Å². The number of aliphatic hydroxyl groups is 1. The van der Waals surface area contributed by atoms with Crippen LogP contribution in [0.3, 0.4) is 0 Å². The highest BCUT2D eigenvalue weighted by Crippen LogP contribution is 2.53. The predicted molar refractivity (Wildman–Crippen MR) is 73.2 cm³/mol. The smallest absolute Gasteiger partial charge is 0.222 e. The predicted octanol–water partition coefficient (Wildman–Crippen LogP) is 3.12. The molecule has 1 aliphatic heterocycles. The van der Waals surface area contributed by atoms with Gasteiger partial charge in [0.25, 0.3) is 0 Å². The molecule has 1 fully saturated rings. The molecule has 0 aromatic heterocycles. The maximum absolute atomic E-state index is 12.1. The second kappa shape index (κ2) is 4.26. The molecule has 0 saturated carbocycles. The molecule has 1 heterocycles. The molecule has 4 heteroatoms. The first-order valence-electron chi connectivity index (χ1n) is 6.82. The summed E-state index contributed by atoms with van der Waals surface area (Å²) < 4.78 is 0. The van der Waals surface area contributed by atoms with Gasteiger partial charge < -0.3 is 10.0 Å². The fraction of sp³-hybridized carbons (Fsp3) is 0.733. The van der Waals surface area contributed by atoms with Crippen LogP contribution in [-0.2, 0) is 4.79 Å². The van der Waals surface area contributed by atoms with Crippen molar-refractivity contribution in [3.63, 3.8) is 0 Å². The third-order valence-electron chi connectivity index (χ3n) is 5.19. The topological polar surface area (TPSA) is 44.9 Å². The highest BCUT2D eigenvalue weighted by molar-refractivity contribution is 5.77. The first-order chi connectivity index (χ1) is 8.75. The van der Waals surface area contributed by atoms with Gasteiger partial charge in [0.15, 0.2) is 0 Å². The fourth-order valence-electron chi connectivity index (χ4n) is 3.89. The lowest BCUT2D eigenvalue weighted by Gasteiger charge is -2.53. The van der Waals surface area contributed by atoms with Crippen molar-refractivity contribution in [2.45, 2.75) is 52.0 Å². The van der Waals surface area contributed by atoms with Gasteiger partial charge in [-0.1, -0.05) is 13.8 Å². The monoisotopic (exact) mass is 262 g/mol. The van der Waals surface area contributed by atoms with Crippen LogP contribution in [-0.4, -0.2) is 28.5 Å². The molecule has 0 aromatic rings. The van der Waals surface area contributed by atoms with Gasteiger partial charge >= 0.3 is 0 Å². The number of fused-ring (bicyclic) bond motifs is 1. The summed E-state index contributed by atoms with van der Waals surface area (Å²) in [6.07, 6.45) is 2.79. The second-order valence-corrected chi connectivity index (χ2v) is 6.56. The zero-order valence-electron chi connectivity index (χ0n) is 12.2. The van der Waals surface area contributed by atoms with E-state index in [9.17, 15) is 9.90 Å². The SMILES string of the molecule is [C-]#[N+]C1=C(O)C(C)(C)[C@@H]2CCCC(=O)N(C)[C@@]2(C)C1. The van der Waals surface area contributed by atoms with Gasteiger partial charge in [-0.05, 0) is 25.7 Å². The Balaban J connectivity index is 2.58. The number of carbonyl (C=O) groups is 1. The van der Waals surface area contributed by atoms with Crippen molar-refractivity contribution in [2.75, 3.05) is 7.05 Å². The summed E-state index contributed by atoms with van der Waals surface area (Å²) in [5.74, 6) is 0.543. The van der Waals surface area contributed by atoms with Crippen molar-refractivity contribution < 1.29 is 9.90 Å². The number of allylic oxidation sites excluding steroid dienone is 1. The zero-order valence-corrected chi connectivity index (χ0v) is 12.2. The average molecular weight is 262 g/mol. The number of rotatable bonds is 0. The minimum Gasteiger partial charge on any atom is -0.523 e. The van der Waals surface area contributed by atoms with Gasteiger partial charge in [-0.25, -0.2) is 4.85 Å². The first kappa shape index (κ1) is 13.9. The van der Waals surface area contributed by atoms with Crippen molar-refractivity contribution in [1.29, 1.82) is 0 Å². The molecule has 0 radical (unpaired) electrons. The van der Waals surface area contributed by atoms with E-state index in [1.165, 1.54) is 0 Å². The molecule has 2 atom stereocenters. The van der Waals surface area contributed by atoms with E-state index >= 15 is 0 Å². The van der Waals surface area contributed by atoms with Crippen LogP contribution >= 0.6 is 0 Å². The lowest BCUT2D eigenvalue weighted by atomic mass is 9.60. The molecule has 1 saturated heterocycles. The minimum atomic E-state index is -0.453. The molecule has 0 aromatic carbocycles. The average Bonchev–Trinajstić information content (AvgIpc) is 2.46. The standard InChI is InChI=1S/C15H22N2O2/c1-14(2)11-7-6-8-12(18)17(5)15(11,3)9-10(16-4)13(14)19/h11,19H,6-9H2,1-3,5H3/t11-,15-/m0/s1. The summed E-state index contributed by atoms with van der Waals surface area (Å²) >= 11 is 0. The largest absolute Gasteiger partial charge is 0.523 e. The Morgan fingerprint density at radius 3 is 2.63 bits per heavy atom. The van der Waals surface area contributed by atoms with Crippen LogP contribution in [0.5, 0.6) is 0 Å². The third kappa shape index (κ3) is 1.83. The molecule has 0 spiro atoms. The molecule has 1 amide bonds. The van der Waals surface area contributed by atoms with Crippen molar-refractivity contribution in [2.24, 2.45) is 11.3 Å². The van der Waals surface area contributed by atoms with Crippen molar-refractivity contribution in [3.8, 4) is 0 Å². The molecule has 1 aliphatic carbocycles. The first-order valence-corrected chi connectivity index (χ1v) is 6.82. The summed E-state index contributed by atoms with van der Waals surface area (Å²) in [4.78, 5) is 17.4. The van der Waals surface area contributed by atoms with Crippen LogP contribution in [0, 0.1) is 17.9 Å². The number of likely N-dealkylation sites (tertiary alicyclic amines) is 1. The number of hydrogen-bond donors (Lipinski definition) is 1. The van der Waals surface area contributed by atoms with E-state index in [4.69, 9.17) is 6.57 Å². The van der Waals surface area contributed by atoms with E-state index < -0.39 is 5.41 Å². The van der Waals surface area contributed by atoms with E-state index in [1.807, 2.05) is 25.8 Å². The Hall–Kier alpha value is -1.50. The van der Waals surface area contributed by atoms with Crippen LogP contribution in [0.4, 0.5) is 0 Å². The lowest BCUT2D eigenvalue weighted by Crippen LogP contribution is -2.57. The van der Waals surface area contributed by atoms with Crippen molar-refractivity contribution in [1.82, 2.24) is 4.90 Å². The Morgan fingerprint density at radius 2 is 2.05 bits per heavy atom. The van der Waals surface area contributed by atoms with Crippen LogP contribution < -0.4 is 0 Å². The Kier molecular flexibility index (Phi) is 3.12. The quantitative estimate of drug-likeness (QED) is 0.682. The van der Waals surface area contributed by atoms with Gasteiger partial charge in [-0.15, -0.1) is 0 Å². The second-order valence-electron chi connectivity index (χ2n) is 6.56. The van der Waals surface area contributed by atoms with E-state index in [-0.39, 0.29) is 23.1 Å². The molecule has 1 N–H and O–H groups in total. The summed E-state index contributed by atoms with van der Waals surface area (Å²) in [6, 6.07) is 0. The lowest BCUT2D eigenvalue weighted by molar-refractivity contribution is -0.137. The number of aliphatic hydroxyl groups excluding tert-OH is 1. The van der Waals surface area contributed by atoms with Gasteiger partial charge in [-0.3, -0.25) is 4.79 Å².